The molecule has 0 fully saturated rings. The van der Waals surface area contributed by atoms with Gasteiger partial charge in [-0.15, -0.1) is 0 Å². The third-order valence-corrected chi connectivity index (χ3v) is 3.16. The maximum Gasteiger partial charge on any atom is 0.352 e. The summed E-state index contributed by atoms with van der Waals surface area (Å²) in [4.78, 5) is 23.4. The highest BCUT2D eigenvalue weighted by Crippen LogP contribution is 2.16. The summed E-state index contributed by atoms with van der Waals surface area (Å²) in [7, 11) is 1.31. The molecule has 5 nitrogen and oxygen atoms in total. The van der Waals surface area contributed by atoms with Crippen molar-refractivity contribution in [1.29, 1.82) is 0 Å². The number of aryl methyl sites for hydroxylation is 1. The summed E-state index contributed by atoms with van der Waals surface area (Å²) in [5.74, 6) is -0.0292. The van der Waals surface area contributed by atoms with Gasteiger partial charge in [-0.3, -0.25) is 0 Å². The Morgan fingerprint density at radius 1 is 0.913 bits per heavy atom. The number of methoxy groups -OCH3 is 1. The van der Waals surface area contributed by atoms with Crippen molar-refractivity contribution in [2.75, 3.05) is 7.11 Å². The summed E-state index contributed by atoms with van der Waals surface area (Å²) >= 11 is 0. The number of rotatable bonds is 5. The van der Waals surface area contributed by atoms with Crippen LogP contribution in [0.3, 0.4) is 0 Å². The fourth-order valence-corrected chi connectivity index (χ4v) is 1.85. The highest BCUT2D eigenvalue weighted by Gasteiger charge is 2.17. The van der Waals surface area contributed by atoms with Gasteiger partial charge < -0.3 is 14.2 Å². The van der Waals surface area contributed by atoms with Crippen LogP contribution in [0.1, 0.15) is 22.8 Å². The minimum Gasteiger partial charge on any atom is -0.479 e. The molecule has 120 valence electrons. The summed E-state index contributed by atoms with van der Waals surface area (Å²) in [6.45, 7) is 3.59. The van der Waals surface area contributed by atoms with E-state index in [-0.39, 0.29) is 0 Å². The number of carbonyl (C=O) groups excluding carboxylic acids is 2. The molecule has 5 heteroatoms. The van der Waals surface area contributed by atoms with Gasteiger partial charge in [-0.05, 0) is 50.2 Å². The Balaban J connectivity index is 1.95. The van der Waals surface area contributed by atoms with Crippen molar-refractivity contribution in [3.05, 3.63) is 59.7 Å². The van der Waals surface area contributed by atoms with Crippen LogP contribution in [-0.2, 0) is 9.53 Å². The minimum absolute atomic E-state index is 0.335. The van der Waals surface area contributed by atoms with Crippen molar-refractivity contribution in [2.24, 2.45) is 0 Å². The lowest BCUT2D eigenvalue weighted by Gasteiger charge is -2.14. The molecular weight excluding hydrogens is 296 g/mol. The molecule has 1 atom stereocenters. The van der Waals surface area contributed by atoms with E-state index in [2.05, 4.69) is 4.74 Å². The molecule has 0 aromatic heterocycles. The molecule has 0 N–H and O–H groups in total. The van der Waals surface area contributed by atoms with Crippen LogP contribution < -0.4 is 9.47 Å². The molecule has 0 bridgehead atoms. The third kappa shape index (κ3) is 4.57. The molecule has 1 unspecified atom stereocenters. The Bertz CT molecular complexity index is 674. The first kappa shape index (κ1) is 16.5. The lowest BCUT2D eigenvalue weighted by atomic mass is 10.2. The summed E-state index contributed by atoms with van der Waals surface area (Å²) in [6.07, 6.45) is -0.752. The molecule has 0 saturated carbocycles. The quantitative estimate of drug-likeness (QED) is 0.626. The van der Waals surface area contributed by atoms with Crippen molar-refractivity contribution in [2.45, 2.75) is 20.0 Å². The Morgan fingerprint density at radius 2 is 1.48 bits per heavy atom. The Kier molecular flexibility index (Phi) is 5.36. The zero-order chi connectivity index (χ0) is 16.8. The van der Waals surface area contributed by atoms with Crippen molar-refractivity contribution in [3.63, 3.8) is 0 Å². The van der Waals surface area contributed by atoms with Gasteiger partial charge >= 0.3 is 11.9 Å². The highest BCUT2D eigenvalue weighted by atomic mass is 16.6. The van der Waals surface area contributed by atoms with Gasteiger partial charge in [0, 0.05) is 0 Å². The monoisotopic (exact) mass is 314 g/mol. The molecule has 0 aliphatic heterocycles. The van der Waals surface area contributed by atoms with E-state index < -0.39 is 18.0 Å². The van der Waals surface area contributed by atoms with Gasteiger partial charge in [0.15, 0.2) is 6.10 Å². The maximum atomic E-state index is 12.0. The average molecular weight is 314 g/mol. The van der Waals surface area contributed by atoms with Crippen LogP contribution in [0, 0.1) is 6.92 Å². The van der Waals surface area contributed by atoms with Crippen LogP contribution in [0.15, 0.2) is 48.5 Å². The molecule has 2 rings (SSSR count). The molecule has 0 aliphatic rings. The molecule has 23 heavy (non-hydrogen) atoms. The van der Waals surface area contributed by atoms with E-state index in [9.17, 15) is 9.59 Å². The molecule has 2 aromatic carbocycles. The number of ether oxygens (including phenoxy) is 3. The predicted octanol–water partition coefficient (Wildman–Crippen LogP) is 3.15. The number of benzene rings is 2. The second-order valence-electron chi connectivity index (χ2n) is 5.01. The van der Waals surface area contributed by atoms with Crippen molar-refractivity contribution in [3.8, 4) is 11.5 Å². The first-order chi connectivity index (χ1) is 11.0. The summed E-state index contributed by atoms with van der Waals surface area (Å²) in [6, 6.07) is 13.5. The van der Waals surface area contributed by atoms with E-state index in [1.807, 2.05) is 19.1 Å². The van der Waals surface area contributed by atoms with Crippen molar-refractivity contribution >= 4 is 11.9 Å². The third-order valence-electron chi connectivity index (χ3n) is 3.16. The van der Waals surface area contributed by atoms with Gasteiger partial charge in [0.25, 0.3) is 0 Å². The smallest absolute Gasteiger partial charge is 0.352 e. The lowest BCUT2D eigenvalue weighted by Crippen LogP contribution is -2.28. The van der Waals surface area contributed by atoms with Gasteiger partial charge in [-0.1, -0.05) is 17.7 Å². The Labute approximate surface area is 134 Å². The molecule has 0 saturated heterocycles. The van der Waals surface area contributed by atoms with E-state index in [0.29, 0.717) is 17.1 Å². The highest BCUT2D eigenvalue weighted by molar-refractivity contribution is 5.89. The van der Waals surface area contributed by atoms with E-state index in [1.165, 1.54) is 31.4 Å². The van der Waals surface area contributed by atoms with E-state index in [1.54, 1.807) is 19.1 Å². The van der Waals surface area contributed by atoms with Gasteiger partial charge in [0.05, 0.1) is 12.7 Å². The molecule has 0 heterocycles. The number of hydrogen-bond acceptors (Lipinski definition) is 5. The molecular formula is C18H18O5. The van der Waals surface area contributed by atoms with Crippen LogP contribution in [0.4, 0.5) is 0 Å². The second kappa shape index (κ2) is 7.45. The van der Waals surface area contributed by atoms with Gasteiger partial charge in [-0.2, -0.15) is 0 Å². The zero-order valence-electron chi connectivity index (χ0n) is 13.2. The summed E-state index contributed by atoms with van der Waals surface area (Å²) < 4.78 is 15.4. The minimum atomic E-state index is -0.752. The van der Waals surface area contributed by atoms with E-state index in [0.717, 1.165) is 5.56 Å². The van der Waals surface area contributed by atoms with Gasteiger partial charge in [-0.25, -0.2) is 9.59 Å². The molecule has 0 amide bonds. The fourth-order valence-electron chi connectivity index (χ4n) is 1.85. The van der Waals surface area contributed by atoms with Crippen molar-refractivity contribution in [1.82, 2.24) is 0 Å². The summed E-state index contributed by atoms with van der Waals surface area (Å²) in [5, 5.41) is 0. The number of esters is 2. The number of carbonyl (C=O) groups is 2. The van der Waals surface area contributed by atoms with Crippen LogP contribution >= 0.6 is 0 Å². The zero-order valence-corrected chi connectivity index (χ0v) is 13.2. The largest absolute Gasteiger partial charge is 0.479 e. The standard InChI is InChI=1S/C18H18O5/c1-12-4-8-15(9-5-12)22-13(2)17(19)23-16-10-6-14(7-11-16)18(20)21-3/h4-11,13H,1-3H3. The van der Waals surface area contributed by atoms with Gasteiger partial charge in [0.1, 0.15) is 11.5 Å². The summed E-state index contributed by atoms with van der Waals surface area (Å²) in [5.41, 5.74) is 1.49. The van der Waals surface area contributed by atoms with Gasteiger partial charge in [0.2, 0.25) is 0 Å². The average Bonchev–Trinajstić information content (AvgIpc) is 2.56. The van der Waals surface area contributed by atoms with E-state index in [4.69, 9.17) is 9.47 Å². The fraction of sp³-hybridized carbons (Fsp3) is 0.222. The predicted molar refractivity (Wildman–Crippen MR) is 84.7 cm³/mol. The molecule has 0 aliphatic carbocycles. The topological polar surface area (TPSA) is 61.8 Å². The van der Waals surface area contributed by atoms with Crippen molar-refractivity contribution < 1.29 is 23.8 Å². The second-order valence-corrected chi connectivity index (χ2v) is 5.01. The van der Waals surface area contributed by atoms with Crippen LogP contribution in [0.2, 0.25) is 0 Å². The Morgan fingerprint density at radius 3 is 2.04 bits per heavy atom. The molecule has 0 spiro atoms. The first-order valence-electron chi connectivity index (χ1n) is 7.13. The molecule has 2 aromatic rings. The van der Waals surface area contributed by atoms with Crippen LogP contribution in [0.25, 0.3) is 0 Å². The molecule has 0 radical (unpaired) electrons. The van der Waals surface area contributed by atoms with E-state index >= 15 is 0 Å². The lowest BCUT2D eigenvalue weighted by molar-refractivity contribution is -0.141. The first-order valence-corrected chi connectivity index (χ1v) is 7.13. The SMILES string of the molecule is COC(=O)c1ccc(OC(=O)C(C)Oc2ccc(C)cc2)cc1. The normalized spacial score (nSPS) is 11.4. The van der Waals surface area contributed by atoms with Crippen LogP contribution in [0.5, 0.6) is 11.5 Å². The number of hydrogen-bond donors (Lipinski definition) is 0. The van der Waals surface area contributed by atoms with Crippen LogP contribution in [-0.4, -0.2) is 25.2 Å². The maximum absolute atomic E-state index is 12.0. The Hall–Kier alpha value is -2.82.